The van der Waals surface area contributed by atoms with E-state index in [2.05, 4.69) is 15.3 Å². The van der Waals surface area contributed by atoms with Gasteiger partial charge in [-0.3, -0.25) is 14.6 Å². The van der Waals surface area contributed by atoms with Crippen molar-refractivity contribution in [2.45, 2.75) is 50.7 Å². The van der Waals surface area contributed by atoms with Crippen LogP contribution < -0.4 is 5.32 Å². The zero-order valence-electron chi connectivity index (χ0n) is 18.1. The minimum absolute atomic E-state index is 0.146. The molecule has 1 atom stereocenters. The highest BCUT2D eigenvalue weighted by Crippen LogP contribution is 2.27. The first-order valence-electron chi connectivity index (χ1n) is 11.2. The number of hydrogen-bond acceptors (Lipinski definition) is 4. The van der Waals surface area contributed by atoms with Crippen molar-refractivity contribution < 1.29 is 9.59 Å². The van der Waals surface area contributed by atoms with Crippen LogP contribution in [-0.2, 0) is 11.3 Å². The molecule has 4 rings (SSSR count). The van der Waals surface area contributed by atoms with Crippen LogP contribution >= 0.6 is 0 Å². The van der Waals surface area contributed by atoms with Gasteiger partial charge in [-0.1, -0.05) is 79.9 Å². The normalized spacial score (nSPS) is 15.0. The van der Waals surface area contributed by atoms with Crippen molar-refractivity contribution >= 4 is 11.8 Å². The van der Waals surface area contributed by atoms with E-state index in [1.165, 1.54) is 25.0 Å². The van der Waals surface area contributed by atoms with E-state index in [0.717, 1.165) is 36.8 Å². The first kappa shape index (κ1) is 21.7. The van der Waals surface area contributed by atoms with Crippen molar-refractivity contribution in [1.82, 2.24) is 20.2 Å². The molecule has 0 radical (unpaired) electrons. The van der Waals surface area contributed by atoms with Gasteiger partial charge in [0, 0.05) is 25.0 Å². The Bertz CT molecular complexity index is 1010. The van der Waals surface area contributed by atoms with Gasteiger partial charge in [-0.2, -0.15) is 0 Å². The highest BCUT2D eigenvalue weighted by atomic mass is 16.2. The molecule has 1 aliphatic carbocycles. The van der Waals surface area contributed by atoms with Gasteiger partial charge >= 0.3 is 0 Å². The summed E-state index contributed by atoms with van der Waals surface area (Å²) in [6.45, 7) is 0.286. The largest absolute Gasteiger partial charge is 0.351 e. The molecule has 164 valence electrons. The number of hydrogen-bond donors (Lipinski definition) is 1. The lowest BCUT2D eigenvalue weighted by molar-refractivity contribution is -0.127. The van der Waals surface area contributed by atoms with Crippen LogP contribution in [0.1, 0.15) is 59.8 Å². The number of nitrogens with zero attached hydrogens (tertiary/aromatic N) is 3. The second-order valence-electron chi connectivity index (χ2n) is 8.17. The fourth-order valence-electron chi connectivity index (χ4n) is 4.25. The molecule has 32 heavy (non-hydrogen) atoms. The molecule has 0 unspecified atom stereocenters. The van der Waals surface area contributed by atoms with E-state index in [9.17, 15) is 9.59 Å². The summed E-state index contributed by atoms with van der Waals surface area (Å²) < 4.78 is 0. The quantitative estimate of drug-likeness (QED) is 0.609. The number of benzene rings is 2. The molecule has 1 fully saturated rings. The van der Waals surface area contributed by atoms with Gasteiger partial charge in [0.05, 0.1) is 6.20 Å². The van der Waals surface area contributed by atoms with Crippen molar-refractivity contribution in [3.8, 4) is 0 Å². The molecule has 1 saturated carbocycles. The van der Waals surface area contributed by atoms with E-state index in [1.54, 1.807) is 4.90 Å². The van der Waals surface area contributed by atoms with Crippen LogP contribution in [0.2, 0.25) is 0 Å². The number of rotatable bonds is 7. The molecule has 1 N–H and O–H groups in total. The topological polar surface area (TPSA) is 75.2 Å². The molecule has 0 bridgehead atoms. The van der Waals surface area contributed by atoms with E-state index in [0.29, 0.717) is 0 Å². The molecule has 1 aromatic heterocycles. The summed E-state index contributed by atoms with van der Waals surface area (Å²) in [7, 11) is 0. The summed E-state index contributed by atoms with van der Waals surface area (Å²) in [6, 6.07) is 18.6. The monoisotopic (exact) mass is 428 g/mol. The Morgan fingerprint density at radius 2 is 1.62 bits per heavy atom. The summed E-state index contributed by atoms with van der Waals surface area (Å²) in [4.78, 5) is 37.1. The third-order valence-electron chi connectivity index (χ3n) is 5.87. The average Bonchev–Trinajstić information content (AvgIpc) is 2.86. The van der Waals surface area contributed by atoms with Crippen molar-refractivity contribution in [2.24, 2.45) is 0 Å². The molecule has 0 saturated heterocycles. The zero-order chi connectivity index (χ0) is 22.2. The maximum absolute atomic E-state index is 13.6. The van der Waals surface area contributed by atoms with E-state index >= 15 is 0 Å². The van der Waals surface area contributed by atoms with Crippen LogP contribution in [0.15, 0.2) is 79.3 Å². The highest BCUT2D eigenvalue weighted by Gasteiger charge is 2.34. The first-order valence-corrected chi connectivity index (χ1v) is 11.2. The molecule has 1 aliphatic rings. The standard InChI is InChI=1S/C26H28N4O2/c31-25(29-22-14-8-3-9-15-22)24(21-12-6-2-7-13-21)30(19-20-10-4-1-5-11-20)26(32)23-18-27-16-17-28-23/h1-2,4-7,10-13,16-18,22,24H,3,8-9,14-15,19H2,(H,29,31)/t24-/m0/s1. The SMILES string of the molecule is O=C(NC1CCCCC1)[C@H](c1ccccc1)N(Cc1ccccc1)C(=O)c1cnccn1. The number of aromatic nitrogens is 2. The van der Waals surface area contributed by atoms with E-state index in [4.69, 9.17) is 0 Å². The molecule has 0 aliphatic heterocycles. The van der Waals surface area contributed by atoms with Crippen LogP contribution in [0.4, 0.5) is 0 Å². The molecule has 0 spiro atoms. The summed E-state index contributed by atoms with van der Waals surface area (Å²) in [5.41, 5.74) is 1.93. The lowest BCUT2D eigenvalue weighted by Gasteiger charge is -2.33. The average molecular weight is 429 g/mol. The minimum Gasteiger partial charge on any atom is -0.351 e. The molecular formula is C26H28N4O2. The van der Waals surface area contributed by atoms with Crippen LogP contribution in [-0.4, -0.2) is 32.7 Å². The second kappa shape index (κ2) is 10.7. The number of carbonyl (C=O) groups is 2. The third-order valence-corrected chi connectivity index (χ3v) is 5.87. The molecule has 2 aromatic carbocycles. The van der Waals surface area contributed by atoms with Crippen LogP contribution in [0.25, 0.3) is 0 Å². The summed E-state index contributed by atoms with van der Waals surface area (Å²) >= 11 is 0. The van der Waals surface area contributed by atoms with Gasteiger partial charge in [0.25, 0.3) is 5.91 Å². The van der Waals surface area contributed by atoms with Gasteiger partial charge in [0.2, 0.25) is 5.91 Å². The minimum atomic E-state index is -0.771. The molecule has 2 amide bonds. The predicted molar refractivity (Wildman–Crippen MR) is 123 cm³/mol. The summed E-state index contributed by atoms with van der Waals surface area (Å²) in [5.74, 6) is -0.481. The maximum Gasteiger partial charge on any atom is 0.275 e. The number of carbonyl (C=O) groups excluding carboxylic acids is 2. The van der Waals surface area contributed by atoms with Gasteiger partial charge in [-0.05, 0) is 24.0 Å². The molecule has 3 aromatic rings. The summed E-state index contributed by atoms with van der Waals surface area (Å²) in [5, 5.41) is 3.22. The van der Waals surface area contributed by atoms with Gasteiger partial charge in [0.1, 0.15) is 11.7 Å². The van der Waals surface area contributed by atoms with Crippen molar-refractivity contribution in [1.29, 1.82) is 0 Å². The lowest BCUT2D eigenvalue weighted by atomic mass is 9.94. The Labute approximate surface area is 188 Å². The van der Waals surface area contributed by atoms with Crippen LogP contribution in [0.5, 0.6) is 0 Å². The molecule has 1 heterocycles. The Morgan fingerprint density at radius 1 is 0.938 bits per heavy atom. The van der Waals surface area contributed by atoms with Crippen LogP contribution in [0, 0.1) is 0 Å². The number of nitrogens with one attached hydrogen (secondary N) is 1. The van der Waals surface area contributed by atoms with E-state index in [1.807, 2.05) is 60.7 Å². The van der Waals surface area contributed by atoms with Gasteiger partial charge in [-0.15, -0.1) is 0 Å². The van der Waals surface area contributed by atoms with Crippen LogP contribution in [0.3, 0.4) is 0 Å². The highest BCUT2D eigenvalue weighted by molar-refractivity contribution is 5.96. The fourth-order valence-corrected chi connectivity index (χ4v) is 4.25. The summed E-state index contributed by atoms with van der Waals surface area (Å²) in [6.07, 6.45) is 9.87. The predicted octanol–water partition coefficient (Wildman–Crippen LogP) is 4.31. The third kappa shape index (κ3) is 5.38. The van der Waals surface area contributed by atoms with Gasteiger partial charge < -0.3 is 10.2 Å². The first-order chi connectivity index (χ1) is 15.7. The Hall–Kier alpha value is -3.54. The van der Waals surface area contributed by atoms with Crippen molar-refractivity contribution in [3.05, 3.63) is 96.1 Å². The Kier molecular flexibility index (Phi) is 7.23. The van der Waals surface area contributed by atoms with Gasteiger partial charge in [0.15, 0.2) is 0 Å². The van der Waals surface area contributed by atoms with E-state index in [-0.39, 0.29) is 30.1 Å². The van der Waals surface area contributed by atoms with Crippen molar-refractivity contribution in [2.75, 3.05) is 0 Å². The second-order valence-corrected chi connectivity index (χ2v) is 8.17. The fraction of sp³-hybridized carbons (Fsp3) is 0.308. The zero-order valence-corrected chi connectivity index (χ0v) is 18.1. The smallest absolute Gasteiger partial charge is 0.275 e. The number of amides is 2. The Morgan fingerprint density at radius 3 is 2.28 bits per heavy atom. The van der Waals surface area contributed by atoms with E-state index < -0.39 is 6.04 Å². The Balaban J connectivity index is 1.71. The van der Waals surface area contributed by atoms with Gasteiger partial charge in [-0.25, -0.2) is 4.98 Å². The lowest BCUT2D eigenvalue weighted by Crippen LogP contribution is -2.47. The molecule has 6 heteroatoms. The molecule has 6 nitrogen and oxygen atoms in total. The maximum atomic E-state index is 13.6. The van der Waals surface area contributed by atoms with Crippen molar-refractivity contribution in [3.63, 3.8) is 0 Å². The molecular weight excluding hydrogens is 400 g/mol.